The van der Waals surface area contributed by atoms with Crippen molar-refractivity contribution in [2.75, 3.05) is 16.2 Å². The third-order valence-corrected chi connectivity index (χ3v) is 6.87. The second-order valence-corrected chi connectivity index (χ2v) is 10.2. The van der Waals surface area contributed by atoms with Crippen LogP contribution in [0.15, 0.2) is 53.6 Å². The van der Waals surface area contributed by atoms with Crippen molar-refractivity contribution < 1.29 is 35.9 Å². The number of aliphatic carboxylic acids is 1. The van der Waals surface area contributed by atoms with E-state index in [0.29, 0.717) is 11.6 Å². The number of carboxylic acid groups (broad SMARTS) is 1. The minimum absolute atomic E-state index is 0.0775. The number of sulfonamides is 1. The summed E-state index contributed by atoms with van der Waals surface area (Å²) < 4.78 is 83.7. The number of nitrogens with zero attached hydrogens (tertiary/aromatic N) is 3. The van der Waals surface area contributed by atoms with Gasteiger partial charge in [0.15, 0.2) is 5.03 Å². The lowest BCUT2D eigenvalue weighted by Gasteiger charge is -2.27. The maximum atomic E-state index is 14.0. The molecule has 2 N–H and O–H groups in total. The quantitative estimate of drug-likeness (QED) is 0.325. The highest BCUT2D eigenvalue weighted by Crippen LogP contribution is 2.38. The predicted octanol–water partition coefficient (Wildman–Crippen LogP) is 5.35. The molecule has 3 rings (SSSR count). The van der Waals surface area contributed by atoms with E-state index >= 15 is 0 Å². The van der Waals surface area contributed by atoms with Crippen LogP contribution in [0, 0.1) is 5.82 Å². The summed E-state index contributed by atoms with van der Waals surface area (Å²) in [5, 5.41) is 8.57. The number of benzene rings is 1. The van der Waals surface area contributed by atoms with Crippen LogP contribution >= 0.6 is 0 Å². The lowest BCUT2D eigenvalue weighted by Crippen LogP contribution is -2.34. The van der Waals surface area contributed by atoms with E-state index in [1.54, 1.807) is 25.7 Å². The minimum Gasteiger partial charge on any atom is -0.481 e. The van der Waals surface area contributed by atoms with Gasteiger partial charge in [-0.1, -0.05) is 19.1 Å². The van der Waals surface area contributed by atoms with Crippen LogP contribution in [0.25, 0.3) is 11.3 Å². The van der Waals surface area contributed by atoms with Gasteiger partial charge in [-0.05, 0) is 62.2 Å². The van der Waals surface area contributed by atoms with E-state index in [0.717, 1.165) is 18.2 Å². The highest BCUT2D eigenvalue weighted by molar-refractivity contribution is 7.92. The zero-order chi connectivity index (χ0) is 28.3. The summed E-state index contributed by atoms with van der Waals surface area (Å²) in [5.74, 6) is -2.01. The number of hydrogen-bond donors (Lipinski definition) is 2. The Kier molecular flexibility index (Phi) is 8.60. The predicted molar refractivity (Wildman–Crippen MR) is 134 cm³/mol. The van der Waals surface area contributed by atoms with Crippen molar-refractivity contribution in [3.8, 4) is 11.3 Å². The highest BCUT2D eigenvalue weighted by Gasteiger charge is 2.35. The Bertz CT molecular complexity index is 1430. The van der Waals surface area contributed by atoms with Crippen molar-refractivity contribution in [1.29, 1.82) is 0 Å². The number of rotatable bonds is 10. The van der Waals surface area contributed by atoms with Crippen molar-refractivity contribution in [2.24, 2.45) is 0 Å². The Hall–Kier alpha value is -3.74. The van der Waals surface area contributed by atoms with E-state index in [2.05, 4.69) is 14.7 Å². The van der Waals surface area contributed by atoms with Gasteiger partial charge in [-0.15, -0.1) is 0 Å². The number of hydrogen-bond acceptors (Lipinski definition) is 6. The summed E-state index contributed by atoms with van der Waals surface area (Å²) in [6.45, 7) is 5.33. The molecule has 0 saturated heterocycles. The summed E-state index contributed by atoms with van der Waals surface area (Å²) in [6, 6.07) is 8.87. The van der Waals surface area contributed by atoms with Gasteiger partial charge in [-0.2, -0.15) is 21.6 Å². The number of pyridine rings is 2. The molecule has 1 aromatic carbocycles. The number of carboxylic acids is 1. The van der Waals surface area contributed by atoms with Crippen LogP contribution in [0.1, 0.15) is 38.3 Å². The molecular weight excluding hydrogens is 528 g/mol. The molecule has 8 nitrogen and oxygen atoms in total. The number of aromatic nitrogens is 2. The molecule has 0 aliphatic carbocycles. The number of halogens is 4. The van der Waals surface area contributed by atoms with Gasteiger partial charge in [0.05, 0.1) is 17.7 Å². The van der Waals surface area contributed by atoms with Crippen LogP contribution in [0.5, 0.6) is 0 Å². The van der Waals surface area contributed by atoms with E-state index in [9.17, 15) is 30.8 Å². The fourth-order valence-corrected chi connectivity index (χ4v) is 4.75. The SMILES string of the molecule is CCc1ccc(F)cc1-c1nc(NS(=O)(=O)c2cccc(N(CCC(=O)O)C(C)C)n2)ccc1C(F)(F)F. The molecule has 2 aromatic heterocycles. The van der Waals surface area contributed by atoms with Gasteiger partial charge in [-0.3, -0.25) is 9.52 Å². The Morgan fingerprint density at radius 1 is 1.11 bits per heavy atom. The Morgan fingerprint density at radius 2 is 1.82 bits per heavy atom. The number of alkyl halides is 3. The monoisotopic (exact) mass is 554 g/mol. The molecular formula is C25H26F4N4O4S. The fourth-order valence-electron chi connectivity index (χ4n) is 3.78. The molecule has 13 heteroatoms. The molecule has 38 heavy (non-hydrogen) atoms. The van der Waals surface area contributed by atoms with Crippen LogP contribution < -0.4 is 9.62 Å². The summed E-state index contributed by atoms with van der Waals surface area (Å²) in [7, 11) is -4.42. The largest absolute Gasteiger partial charge is 0.481 e. The first-order chi connectivity index (χ1) is 17.7. The van der Waals surface area contributed by atoms with Crippen molar-refractivity contribution in [3.63, 3.8) is 0 Å². The topological polar surface area (TPSA) is 112 Å². The molecule has 0 aliphatic rings. The van der Waals surface area contributed by atoms with Gasteiger partial charge in [0.1, 0.15) is 17.5 Å². The van der Waals surface area contributed by atoms with E-state index in [4.69, 9.17) is 5.11 Å². The summed E-state index contributed by atoms with van der Waals surface area (Å²) in [6.07, 6.45) is -4.74. The van der Waals surface area contributed by atoms with Crippen molar-refractivity contribution in [3.05, 3.63) is 65.5 Å². The first-order valence-corrected chi connectivity index (χ1v) is 13.1. The van der Waals surface area contributed by atoms with Gasteiger partial charge < -0.3 is 10.0 Å². The van der Waals surface area contributed by atoms with Gasteiger partial charge in [0.25, 0.3) is 10.0 Å². The molecule has 204 valence electrons. The molecule has 0 spiro atoms. The number of aryl methyl sites for hydroxylation is 1. The summed E-state index contributed by atoms with van der Waals surface area (Å²) in [5.41, 5.74) is -1.47. The highest BCUT2D eigenvalue weighted by atomic mass is 32.2. The zero-order valence-corrected chi connectivity index (χ0v) is 21.6. The molecule has 0 saturated carbocycles. The second-order valence-electron chi connectivity index (χ2n) is 8.62. The molecule has 0 bridgehead atoms. The molecule has 0 amide bonds. The molecule has 0 atom stereocenters. The fraction of sp³-hybridized carbons (Fsp3) is 0.320. The summed E-state index contributed by atoms with van der Waals surface area (Å²) >= 11 is 0. The number of carbonyl (C=O) groups is 1. The minimum atomic E-state index is -4.83. The van der Waals surface area contributed by atoms with Gasteiger partial charge in [0, 0.05) is 18.2 Å². The average Bonchev–Trinajstić information content (AvgIpc) is 2.83. The second kappa shape index (κ2) is 11.3. The molecule has 3 aromatic rings. The van der Waals surface area contributed by atoms with Crippen molar-refractivity contribution in [2.45, 2.75) is 50.9 Å². The molecule has 0 aliphatic heterocycles. The molecule has 0 unspecified atom stereocenters. The lowest BCUT2D eigenvalue weighted by molar-refractivity contribution is -0.138. The van der Waals surface area contributed by atoms with E-state index in [-0.39, 0.29) is 36.8 Å². The average molecular weight is 555 g/mol. The summed E-state index contributed by atoms with van der Waals surface area (Å²) in [4.78, 5) is 20.7. The molecule has 0 fully saturated rings. The third kappa shape index (κ3) is 6.77. The third-order valence-electron chi connectivity index (χ3n) is 5.62. The van der Waals surface area contributed by atoms with Crippen LogP contribution in [0.2, 0.25) is 0 Å². The zero-order valence-electron chi connectivity index (χ0n) is 20.8. The van der Waals surface area contributed by atoms with Gasteiger partial charge in [-0.25, -0.2) is 14.4 Å². The van der Waals surface area contributed by atoms with Crippen molar-refractivity contribution in [1.82, 2.24) is 9.97 Å². The lowest BCUT2D eigenvalue weighted by atomic mass is 9.98. The molecule has 2 heterocycles. The van der Waals surface area contributed by atoms with E-state index in [1.165, 1.54) is 24.3 Å². The Labute approximate surface area is 217 Å². The van der Waals surface area contributed by atoms with E-state index < -0.39 is 50.1 Å². The van der Waals surface area contributed by atoms with Gasteiger partial charge in [0.2, 0.25) is 0 Å². The standard InChI is InChI=1S/C25H26F4N4O4S/c1-4-16-8-9-17(26)14-18(16)24-19(25(27,28)29)10-11-20(30-24)32-38(36,37)22-7-5-6-21(31-22)33(15(2)3)13-12-23(34)35/h5-11,14-15H,4,12-13H2,1-3H3,(H,30,32)(H,34,35). The molecule has 0 radical (unpaired) electrons. The van der Waals surface area contributed by atoms with E-state index in [1.807, 2.05) is 0 Å². The Morgan fingerprint density at radius 3 is 2.42 bits per heavy atom. The Balaban J connectivity index is 2.03. The number of nitrogens with one attached hydrogen (secondary N) is 1. The maximum absolute atomic E-state index is 14.0. The maximum Gasteiger partial charge on any atom is 0.418 e. The van der Waals surface area contributed by atoms with Crippen LogP contribution in [-0.4, -0.2) is 42.0 Å². The van der Waals surface area contributed by atoms with Crippen molar-refractivity contribution >= 4 is 27.6 Å². The van der Waals surface area contributed by atoms with Crippen LogP contribution in [0.3, 0.4) is 0 Å². The normalized spacial score (nSPS) is 12.0. The van der Waals surface area contributed by atoms with Crippen LogP contribution in [0.4, 0.5) is 29.2 Å². The smallest absolute Gasteiger partial charge is 0.418 e. The first kappa shape index (κ1) is 28.8. The van der Waals surface area contributed by atoms with Gasteiger partial charge >= 0.3 is 12.1 Å². The van der Waals surface area contributed by atoms with Crippen LogP contribution in [-0.2, 0) is 27.4 Å². The number of anilines is 2. The first-order valence-electron chi connectivity index (χ1n) is 11.6.